The van der Waals surface area contributed by atoms with Gasteiger partial charge in [-0.1, -0.05) is 19.3 Å². The Bertz CT molecular complexity index is 850. The predicted octanol–water partition coefficient (Wildman–Crippen LogP) is 5.25. The number of alkyl halides is 3. The standard InChI is InChI=1S/C22H27F3N4O/c23-22(24,25)19-13-26-21(28-20(19)15-5-2-1-3-6-15)27-16-8-10-17(11-9-16)29-12-4-7-18(30)14-29/h8-11,13,15,18,30H,1-7,12,14H2,(H,26,27,28). The maximum absolute atomic E-state index is 13.5. The summed E-state index contributed by atoms with van der Waals surface area (Å²) in [5.41, 5.74) is 1.11. The summed E-state index contributed by atoms with van der Waals surface area (Å²) in [5.74, 6) is 0.0107. The van der Waals surface area contributed by atoms with Crippen molar-refractivity contribution in [3.63, 3.8) is 0 Å². The number of benzene rings is 1. The molecule has 0 spiro atoms. The van der Waals surface area contributed by atoms with Crippen LogP contribution in [0.2, 0.25) is 0 Å². The van der Waals surface area contributed by atoms with Crippen LogP contribution in [-0.4, -0.2) is 34.3 Å². The highest BCUT2D eigenvalue weighted by Gasteiger charge is 2.37. The smallest absolute Gasteiger partial charge is 0.391 e. The number of rotatable bonds is 4. The fourth-order valence-corrected chi connectivity index (χ4v) is 4.43. The molecule has 2 heterocycles. The molecule has 1 aromatic heterocycles. The fraction of sp³-hybridized carbons (Fsp3) is 0.545. The number of β-amino-alcohol motifs (C(OH)–C–C–N with tert-alkyl or cyclic N) is 1. The lowest BCUT2D eigenvalue weighted by Crippen LogP contribution is -2.38. The van der Waals surface area contributed by atoms with Crippen molar-refractivity contribution in [3.8, 4) is 0 Å². The summed E-state index contributed by atoms with van der Waals surface area (Å²) in [6.07, 6.45) is 2.31. The van der Waals surface area contributed by atoms with Gasteiger partial charge in [-0.05, 0) is 49.9 Å². The third kappa shape index (κ3) is 4.86. The second kappa shape index (κ2) is 8.79. The number of anilines is 3. The number of aromatic nitrogens is 2. The summed E-state index contributed by atoms with van der Waals surface area (Å²) in [4.78, 5) is 10.4. The molecule has 2 fully saturated rings. The van der Waals surface area contributed by atoms with Gasteiger partial charge in [0.2, 0.25) is 5.95 Å². The lowest BCUT2D eigenvalue weighted by Gasteiger charge is -2.32. The second-order valence-corrected chi connectivity index (χ2v) is 8.24. The quantitative estimate of drug-likeness (QED) is 0.708. The minimum atomic E-state index is -4.45. The molecule has 1 aromatic carbocycles. The molecular weight excluding hydrogens is 393 g/mol. The zero-order valence-corrected chi connectivity index (χ0v) is 16.8. The van der Waals surface area contributed by atoms with Gasteiger partial charge in [0.1, 0.15) is 0 Å². The van der Waals surface area contributed by atoms with E-state index < -0.39 is 11.7 Å². The van der Waals surface area contributed by atoms with E-state index in [1.54, 1.807) is 0 Å². The van der Waals surface area contributed by atoms with Crippen LogP contribution in [0, 0.1) is 0 Å². The number of hydrogen-bond acceptors (Lipinski definition) is 5. The van der Waals surface area contributed by atoms with E-state index in [1.807, 2.05) is 24.3 Å². The highest BCUT2D eigenvalue weighted by Crippen LogP contribution is 2.40. The molecule has 4 rings (SSSR count). The maximum atomic E-state index is 13.5. The Morgan fingerprint density at radius 3 is 2.40 bits per heavy atom. The number of nitrogens with zero attached hydrogens (tertiary/aromatic N) is 3. The highest BCUT2D eigenvalue weighted by molar-refractivity contribution is 5.59. The summed E-state index contributed by atoms with van der Waals surface area (Å²) < 4.78 is 40.5. The van der Waals surface area contributed by atoms with E-state index >= 15 is 0 Å². The van der Waals surface area contributed by atoms with E-state index in [-0.39, 0.29) is 23.7 Å². The van der Waals surface area contributed by atoms with Crippen molar-refractivity contribution in [1.29, 1.82) is 0 Å². The molecule has 5 nitrogen and oxygen atoms in total. The van der Waals surface area contributed by atoms with E-state index in [2.05, 4.69) is 20.2 Å². The van der Waals surface area contributed by atoms with E-state index in [0.29, 0.717) is 12.2 Å². The molecule has 0 bridgehead atoms. The normalized spacial score (nSPS) is 20.9. The first-order valence-electron chi connectivity index (χ1n) is 10.6. The van der Waals surface area contributed by atoms with Crippen LogP contribution in [0.15, 0.2) is 30.5 Å². The molecule has 1 aliphatic carbocycles. The number of aliphatic hydroxyl groups is 1. The molecule has 162 valence electrons. The summed E-state index contributed by atoms with van der Waals surface area (Å²) in [7, 11) is 0. The number of piperidine rings is 1. The summed E-state index contributed by atoms with van der Waals surface area (Å²) in [6.45, 7) is 1.51. The Labute approximate surface area is 174 Å². The summed E-state index contributed by atoms with van der Waals surface area (Å²) in [6, 6.07) is 7.59. The largest absolute Gasteiger partial charge is 0.419 e. The van der Waals surface area contributed by atoms with Crippen LogP contribution in [0.3, 0.4) is 0 Å². The minimum Gasteiger partial charge on any atom is -0.391 e. The maximum Gasteiger partial charge on any atom is 0.419 e. The Hall–Kier alpha value is -2.35. The predicted molar refractivity (Wildman–Crippen MR) is 110 cm³/mol. The SMILES string of the molecule is OC1CCCN(c2ccc(Nc3ncc(C(F)(F)F)c(C4CCCCC4)n3)cc2)C1. The van der Waals surface area contributed by atoms with Crippen molar-refractivity contribution < 1.29 is 18.3 Å². The van der Waals surface area contributed by atoms with Gasteiger partial charge in [-0.25, -0.2) is 9.97 Å². The summed E-state index contributed by atoms with van der Waals surface area (Å²) in [5, 5.41) is 12.9. The van der Waals surface area contributed by atoms with Crippen LogP contribution in [0.4, 0.5) is 30.5 Å². The number of nitrogens with one attached hydrogen (secondary N) is 1. The van der Waals surface area contributed by atoms with Gasteiger partial charge in [-0.3, -0.25) is 0 Å². The van der Waals surface area contributed by atoms with Crippen molar-refractivity contribution in [2.45, 2.75) is 63.1 Å². The van der Waals surface area contributed by atoms with Gasteiger partial charge < -0.3 is 15.3 Å². The topological polar surface area (TPSA) is 61.3 Å². The molecule has 1 unspecified atom stereocenters. The van der Waals surface area contributed by atoms with Crippen molar-refractivity contribution in [3.05, 3.63) is 41.7 Å². The van der Waals surface area contributed by atoms with Crippen LogP contribution >= 0.6 is 0 Å². The molecule has 2 aromatic rings. The monoisotopic (exact) mass is 420 g/mol. The van der Waals surface area contributed by atoms with Crippen molar-refractivity contribution in [1.82, 2.24) is 9.97 Å². The molecule has 1 atom stereocenters. The Morgan fingerprint density at radius 2 is 1.73 bits per heavy atom. The first-order valence-corrected chi connectivity index (χ1v) is 10.6. The fourth-order valence-electron chi connectivity index (χ4n) is 4.43. The van der Waals surface area contributed by atoms with Gasteiger partial charge in [0.15, 0.2) is 0 Å². The first-order chi connectivity index (χ1) is 14.4. The van der Waals surface area contributed by atoms with Crippen LogP contribution in [0.25, 0.3) is 0 Å². The Balaban J connectivity index is 1.52. The van der Waals surface area contributed by atoms with Gasteiger partial charge >= 0.3 is 6.18 Å². The van der Waals surface area contributed by atoms with Crippen molar-refractivity contribution >= 4 is 17.3 Å². The average Bonchev–Trinajstić information content (AvgIpc) is 2.74. The number of aliphatic hydroxyl groups excluding tert-OH is 1. The Morgan fingerprint density at radius 1 is 1.00 bits per heavy atom. The lowest BCUT2D eigenvalue weighted by molar-refractivity contribution is -0.139. The van der Waals surface area contributed by atoms with E-state index in [9.17, 15) is 18.3 Å². The highest BCUT2D eigenvalue weighted by atomic mass is 19.4. The minimum absolute atomic E-state index is 0.110. The van der Waals surface area contributed by atoms with E-state index in [0.717, 1.165) is 63.4 Å². The molecule has 8 heteroatoms. The van der Waals surface area contributed by atoms with Gasteiger partial charge in [-0.2, -0.15) is 13.2 Å². The molecule has 1 saturated heterocycles. The van der Waals surface area contributed by atoms with Crippen LogP contribution in [0.5, 0.6) is 0 Å². The molecule has 1 aliphatic heterocycles. The number of halogens is 3. The molecule has 0 radical (unpaired) electrons. The van der Waals surface area contributed by atoms with Crippen LogP contribution in [0.1, 0.15) is 62.1 Å². The van der Waals surface area contributed by atoms with Crippen molar-refractivity contribution in [2.75, 3.05) is 23.3 Å². The molecule has 30 heavy (non-hydrogen) atoms. The average molecular weight is 420 g/mol. The zero-order chi connectivity index (χ0) is 21.1. The third-order valence-corrected chi connectivity index (χ3v) is 6.00. The Kier molecular flexibility index (Phi) is 6.13. The number of hydrogen-bond donors (Lipinski definition) is 2. The van der Waals surface area contributed by atoms with E-state index in [4.69, 9.17) is 0 Å². The molecule has 1 saturated carbocycles. The molecular formula is C22H27F3N4O. The first kappa shape index (κ1) is 20.9. The summed E-state index contributed by atoms with van der Waals surface area (Å²) >= 11 is 0. The van der Waals surface area contributed by atoms with Gasteiger partial charge in [-0.15, -0.1) is 0 Å². The van der Waals surface area contributed by atoms with Crippen LogP contribution < -0.4 is 10.2 Å². The molecule has 2 N–H and O–H groups in total. The lowest BCUT2D eigenvalue weighted by atomic mass is 9.85. The van der Waals surface area contributed by atoms with Gasteiger partial charge in [0, 0.05) is 36.6 Å². The van der Waals surface area contributed by atoms with Gasteiger partial charge in [0.25, 0.3) is 0 Å². The molecule has 0 amide bonds. The van der Waals surface area contributed by atoms with E-state index in [1.165, 1.54) is 0 Å². The van der Waals surface area contributed by atoms with Gasteiger partial charge in [0.05, 0.1) is 17.4 Å². The van der Waals surface area contributed by atoms with Crippen molar-refractivity contribution in [2.24, 2.45) is 0 Å². The zero-order valence-electron chi connectivity index (χ0n) is 16.8. The second-order valence-electron chi connectivity index (χ2n) is 8.24. The molecule has 2 aliphatic rings. The van der Waals surface area contributed by atoms with Crippen LogP contribution in [-0.2, 0) is 6.18 Å². The third-order valence-electron chi connectivity index (χ3n) is 6.00.